The Balaban J connectivity index is 0.00000147. The monoisotopic (exact) mass is 296 g/mol. The van der Waals surface area contributed by atoms with Gasteiger partial charge >= 0.3 is 0 Å². The molecule has 5 heteroatoms. The highest BCUT2D eigenvalue weighted by Gasteiger charge is 2.29. The minimum absolute atomic E-state index is 0. The summed E-state index contributed by atoms with van der Waals surface area (Å²) in [7, 11) is 0. The van der Waals surface area contributed by atoms with Crippen molar-refractivity contribution in [3.05, 3.63) is 29.8 Å². The largest absolute Gasteiger partial charge is 0.480 e. The third-order valence-electron chi connectivity index (χ3n) is 3.90. The molecule has 0 radical (unpaired) electrons. The number of piperidine rings is 1. The van der Waals surface area contributed by atoms with Crippen LogP contribution in [0.2, 0.25) is 0 Å². The number of ether oxygens (including phenoxy) is 1. The van der Waals surface area contributed by atoms with E-state index < -0.39 is 0 Å². The van der Waals surface area contributed by atoms with Crippen LogP contribution in [0.1, 0.15) is 18.4 Å². The lowest BCUT2D eigenvalue weighted by Crippen LogP contribution is -2.43. The van der Waals surface area contributed by atoms with Crippen LogP contribution < -0.4 is 15.4 Å². The highest BCUT2D eigenvalue weighted by atomic mass is 35.5. The lowest BCUT2D eigenvalue weighted by atomic mass is 9.99. The summed E-state index contributed by atoms with van der Waals surface area (Å²) in [4.78, 5) is 12.1. The molecular weight excluding hydrogens is 276 g/mol. The van der Waals surface area contributed by atoms with Crippen LogP contribution in [0, 0.1) is 5.92 Å². The number of carbonyl (C=O) groups excluding carboxylic acids is 1. The van der Waals surface area contributed by atoms with Gasteiger partial charge in [0.25, 0.3) is 5.91 Å². The van der Waals surface area contributed by atoms with E-state index >= 15 is 0 Å². The molecule has 2 heterocycles. The van der Waals surface area contributed by atoms with E-state index in [-0.39, 0.29) is 24.4 Å². The number of hydrogen-bond donors (Lipinski definition) is 2. The number of para-hydroxylation sites is 1. The second-order valence-electron chi connectivity index (χ2n) is 5.38. The molecule has 1 fully saturated rings. The number of benzene rings is 1. The lowest BCUT2D eigenvalue weighted by molar-refractivity contribution is -0.127. The maximum Gasteiger partial charge on any atom is 0.261 e. The van der Waals surface area contributed by atoms with Gasteiger partial charge in [0, 0.05) is 13.0 Å². The molecule has 4 nitrogen and oxygen atoms in total. The number of amides is 1. The third kappa shape index (κ3) is 3.44. The Labute approximate surface area is 125 Å². The van der Waals surface area contributed by atoms with Gasteiger partial charge in [-0.25, -0.2) is 0 Å². The van der Waals surface area contributed by atoms with Crippen molar-refractivity contribution in [1.82, 2.24) is 10.6 Å². The van der Waals surface area contributed by atoms with Crippen LogP contribution >= 0.6 is 12.4 Å². The molecule has 3 rings (SSSR count). The molecular formula is C15H21ClN2O2. The molecule has 1 aromatic carbocycles. The van der Waals surface area contributed by atoms with Crippen molar-refractivity contribution in [1.29, 1.82) is 0 Å². The predicted octanol–water partition coefficient (Wildman–Crippen LogP) is 1.53. The summed E-state index contributed by atoms with van der Waals surface area (Å²) >= 11 is 0. The van der Waals surface area contributed by atoms with Gasteiger partial charge in [-0.2, -0.15) is 0 Å². The smallest absolute Gasteiger partial charge is 0.261 e. The summed E-state index contributed by atoms with van der Waals surface area (Å²) in [6.07, 6.45) is 2.73. The van der Waals surface area contributed by atoms with Gasteiger partial charge in [0.15, 0.2) is 6.10 Å². The summed E-state index contributed by atoms with van der Waals surface area (Å²) in [6, 6.07) is 7.87. The van der Waals surface area contributed by atoms with Crippen molar-refractivity contribution < 1.29 is 9.53 Å². The van der Waals surface area contributed by atoms with Crippen LogP contribution in [0.4, 0.5) is 0 Å². The van der Waals surface area contributed by atoms with Crippen LogP contribution in [0.25, 0.3) is 0 Å². The highest BCUT2D eigenvalue weighted by Crippen LogP contribution is 2.28. The summed E-state index contributed by atoms with van der Waals surface area (Å²) < 4.78 is 5.68. The SMILES string of the molecule is Cl.O=C(NCC1CCCNC1)C1Cc2ccccc2O1. The molecule has 2 aliphatic heterocycles. The molecule has 0 bridgehead atoms. The molecule has 110 valence electrons. The molecule has 2 unspecified atom stereocenters. The number of rotatable bonds is 3. The molecule has 0 aliphatic carbocycles. The van der Waals surface area contributed by atoms with Gasteiger partial charge in [0.2, 0.25) is 0 Å². The Morgan fingerprint density at radius 2 is 2.25 bits per heavy atom. The van der Waals surface area contributed by atoms with E-state index in [1.54, 1.807) is 0 Å². The minimum atomic E-state index is -0.353. The van der Waals surface area contributed by atoms with E-state index in [0.717, 1.165) is 30.9 Å². The Kier molecular flexibility index (Phi) is 5.26. The maximum atomic E-state index is 12.1. The van der Waals surface area contributed by atoms with Gasteiger partial charge in [-0.05, 0) is 43.5 Å². The van der Waals surface area contributed by atoms with Gasteiger partial charge < -0.3 is 15.4 Å². The van der Waals surface area contributed by atoms with Crippen molar-refractivity contribution in [3.63, 3.8) is 0 Å². The van der Waals surface area contributed by atoms with E-state index in [0.29, 0.717) is 12.3 Å². The van der Waals surface area contributed by atoms with Gasteiger partial charge in [-0.1, -0.05) is 18.2 Å². The molecule has 2 aliphatic rings. The van der Waals surface area contributed by atoms with E-state index in [2.05, 4.69) is 10.6 Å². The fraction of sp³-hybridized carbons (Fsp3) is 0.533. The van der Waals surface area contributed by atoms with Crippen LogP contribution in [-0.2, 0) is 11.2 Å². The second-order valence-corrected chi connectivity index (χ2v) is 5.38. The Morgan fingerprint density at radius 3 is 3.00 bits per heavy atom. The summed E-state index contributed by atoms with van der Waals surface area (Å²) in [6.45, 7) is 2.86. The van der Waals surface area contributed by atoms with Crippen LogP contribution in [0.5, 0.6) is 5.75 Å². The molecule has 2 N–H and O–H groups in total. The van der Waals surface area contributed by atoms with Crippen LogP contribution in [0.3, 0.4) is 0 Å². The number of carbonyl (C=O) groups is 1. The quantitative estimate of drug-likeness (QED) is 0.889. The third-order valence-corrected chi connectivity index (χ3v) is 3.90. The van der Waals surface area contributed by atoms with Crippen LogP contribution in [0.15, 0.2) is 24.3 Å². The zero-order valence-electron chi connectivity index (χ0n) is 11.4. The topological polar surface area (TPSA) is 50.4 Å². The van der Waals surface area contributed by atoms with E-state index in [4.69, 9.17) is 4.74 Å². The average molecular weight is 297 g/mol. The summed E-state index contributed by atoms with van der Waals surface area (Å²) in [5.74, 6) is 1.42. The van der Waals surface area contributed by atoms with E-state index in [1.165, 1.54) is 12.8 Å². The van der Waals surface area contributed by atoms with Crippen molar-refractivity contribution in [3.8, 4) is 5.75 Å². The summed E-state index contributed by atoms with van der Waals surface area (Å²) in [5.41, 5.74) is 1.13. The molecule has 1 saturated heterocycles. The minimum Gasteiger partial charge on any atom is -0.480 e. The first kappa shape index (κ1) is 15.1. The van der Waals surface area contributed by atoms with Gasteiger partial charge in [0.05, 0.1) is 0 Å². The molecule has 0 spiro atoms. The predicted molar refractivity (Wildman–Crippen MR) is 80.4 cm³/mol. The number of hydrogen-bond acceptors (Lipinski definition) is 3. The summed E-state index contributed by atoms with van der Waals surface area (Å²) in [5, 5.41) is 6.38. The standard InChI is InChI=1S/C15H20N2O2.ClH/c18-15(17-10-11-4-3-7-16-9-11)14-8-12-5-1-2-6-13(12)19-14;/h1-2,5-6,11,14,16H,3-4,7-10H2,(H,17,18);1H. The molecule has 0 saturated carbocycles. The van der Waals surface area contributed by atoms with Crippen molar-refractivity contribution in [2.45, 2.75) is 25.4 Å². The maximum absolute atomic E-state index is 12.1. The number of nitrogens with one attached hydrogen (secondary N) is 2. The molecule has 20 heavy (non-hydrogen) atoms. The Bertz CT molecular complexity index is 436. The van der Waals surface area contributed by atoms with E-state index in [9.17, 15) is 4.79 Å². The van der Waals surface area contributed by atoms with Crippen molar-refractivity contribution >= 4 is 18.3 Å². The Morgan fingerprint density at radius 1 is 1.40 bits per heavy atom. The van der Waals surface area contributed by atoms with Crippen molar-refractivity contribution in [2.24, 2.45) is 5.92 Å². The zero-order valence-corrected chi connectivity index (χ0v) is 12.2. The first-order valence-corrected chi connectivity index (χ1v) is 7.06. The van der Waals surface area contributed by atoms with Gasteiger partial charge in [0.1, 0.15) is 5.75 Å². The zero-order chi connectivity index (χ0) is 13.1. The molecule has 2 atom stereocenters. The first-order valence-electron chi connectivity index (χ1n) is 7.06. The first-order chi connectivity index (χ1) is 9.33. The fourth-order valence-corrected chi connectivity index (χ4v) is 2.79. The normalized spacial score (nSPS) is 24.2. The number of fused-ring (bicyclic) bond motifs is 1. The van der Waals surface area contributed by atoms with Gasteiger partial charge in [-0.3, -0.25) is 4.79 Å². The van der Waals surface area contributed by atoms with Gasteiger partial charge in [-0.15, -0.1) is 12.4 Å². The fourth-order valence-electron chi connectivity index (χ4n) is 2.79. The Hall–Kier alpha value is -1.26. The van der Waals surface area contributed by atoms with Crippen LogP contribution in [-0.4, -0.2) is 31.6 Å². The lowest BCUT2D eigenvalue weighted by Gasteiger charge is -2.23. The average Bonchev–Trinajstić information content (AvgIpc) is 2.90. The molecule has 0 aromatic heterocycles. The molecule has 1 amide bonds. The van der Waals surface area contributed by atoms with Crippen molar-refractivity contribution in [2.75, 3.05) is 19.6 Å². The van der Waals surface area contributed by atoms with E-state index in [1.807, 2.05) is 24.3 Å². The number of halogens is 1. The highest BCUT2D eigenvalue weighted by molar-refractivity contribution is 5.85. The second kappa shape index (κ2) is 6.95. The molecule has 1 aromatic rings.